The van der Waals surface area contributed by atoms with Gasteiger partial charge in [-0.25, -0.2) is 9.97 Å². The van der Waals surface area contributed by atoms with Crippen LogP contribution in [0.15, 0.2) is 42.7 Å². The average molecular weight is 432 g/mol. The van der Waals surface area contributed by atoms with E-state index in [4.69, 9.17) is 11.2 Å². The van der Waals surface area contributed by atoms with E-state index in [0.29, 0.717) is 6.61 Å². The zero-order valence-corrected chi connectivity index (χ0v) is 19.9. The number of nitrogens with zero attached hydrogens (tertiary/aromatic N) is 4. The fraction of sp³-hybridized carbons (Fsp3) is 0.385. The van der Waals surface area contributed by atoms with Crippen molar-refractivity contribution < 1.29 is 4.74 Å². The third-order valence-corrected chi connectivity index (χ3v) is 5.82. The van der Waals surface area contributed by atoms with E-state index >= 15 is 0 Å². The lowest BCUT2D eigenvalue weighted by molar-refractivity contribution is 0.139. The van der Waals surface area contributed by atoms with Crippen molar-refractivity contribution in [2.75, 3.05) is 46.2 Å². The van der Waals surface area contributed by atoms with Crippen LogP contribution in [-0.2, 0) is 5.54 Å². The van der Waals surface area contributed by atoms with Crippen molar-refractivity contribution in [3.63, 3.8) is 0 Å². The summed E-state index contributed by atoms with van der Waals surface area (Å²) in [5.74, 6) is 4.26. The highest BCUT2D eigenvalue weighted by atomic mass is 16.5. The van der Waals surface area contributed by atoms with Crippen LogP contribution in [0.25, 0.3) is 10.9 Å². The Kier molecular flexibility index (Phi) is 7.34. The maximum absolute atomic E-state index is 6.06. The van der Waals surface area contributed by atoms with Crippen molar-refractivity contribution in [1.82, 2.24) is 19.8 Å². The van der Waals surface area contributed by atoms with Gasteiger partial charge in [0.05, 0.1) is 12.1 Å². The molecule has 1 heterocycles. The van der Waals surface area contributed by atoms with Crippen molar-refractivity contribution in [3.8, 4) is 18.1 Å². The fourth-order valence-corrected chi connectivity index (χ4v) is 3.60. The smallest absolute Gasteiger partial charge is 0.141 e. The average Bonchev–Trinajstić information content (AvgIpc) is 2.77. The van der Waals surface area contributed by atoms with Crippen LogP contribution < -0.4 is 10.1 Å². The highest BCUT2D eigenvalue weighted by Crippen LogP contribution is 2.38. The molecule has 0 aliphatic rings. The lowest BCUT2D eigenvalue weighted by Crippen LogP contribution is -2.42. The molecule has 0 spiro atoms. The topological polar surface area (TPSA) is 53.5 Å². The summed E-state index contributed by atoms with van der Waals surface area (Å²) in [5, 5.41) is 4.35. The Hall–Kier alpha value is -3.14. The number of anilines is 2. The van der Waals surface area contributed by atoms with Gasteiger partial charge in [-0.1, -0.05) is 12.0 Å². The molecule has 0 unspecified atom stereocenters. The molecule has 0 fully saturated rings. The van der Waals surface area contributed by atoms with E-state index in [2.05, 4.69) is 72.1 Å². The third kappa shape index (κ3) is 5.18. The molecule has 0 bridgehead atoms. The monoisotopic (exact) mass is 431 g/mol. The lowest BCUT2D eigenvalue weighted by Gasteiger charge is -2.38. The molecule has 6 heteroatoms. The number of nitrogens with one attached hydrogen (secondary N) is 1. The van der Waals surface area contributed by atoms with E-state index in [1.54, 1.807) is 6.33 Å². The second-order valence-electron chi connectivity index (χ2n) is 8.65. The van der Waals surface area contributed by atoms with E-state index in [1.165, 1.54) is 0 Å². The molecular weight excluding hydrogens is 398 g/mol. The van der Waals surface area contributed by atoms with Gasteiger partial charge in [-0.05, 0) is 66.2 Å². The van der Waals surface area contributed by atoms with Gasteiger partial charge in [0, 0.05) is 46.9 Å². The molecule has 6 nitrogen and oxygen atoms in total. The summed E-state index contributed by atoms with van der Waals surface area (Å²) in [6, 6.07) is 11.9. The van der Waals surface area contributed by atoms with Gasteiger partial charge < -0.3 is 15.0 Å². The number of ether oxygens (including phenoxy) is 1. The maximum Gasteiger partial charge on any atom is 0.141 e. The van der Waals surface area contributed by atoms with Crippen LogP contribution in [0.5, 0.6) is 5.75 Å². The Morgan fingerprint density at radius 3 is 2.56 bits per heavy atom. The van der Waals surface area contributed by atoms with Gasteiger partial charge >= 0.3 is 0 Å². The first-order chi connectivity index (χ1) is 15.3. The third-order valence-electron chi connectivity index (χ3n) is 5.82. The first-order valence-electron chi connectivity index (χ1n) is 10.9. The molecule has 1 aromatic heterocycles. The number of likely N-dealkylation sites (N-methyl/N-ethyl adjacent to an activating group) is 2. The number of fused-ring (bicyclic) bond motifs is 1. The van der Waals surface area contributed by atoms with Crippen LogP contribution in [-0.4, -0.2) is 60.6 Å². The van der Waals surface area contributed by atoms with E-state index in [-0.39, 0.29) is 5.54 Å². The van der Waals surface area contributed by atoms with Crippen molar-refractivity contribution in [2.45, 2.75) is 26.3 Å². The van der Waals surface area contributed by atoms with Crippen LogP contribution in [0.4, 0.5) is 11.5 Å². The van der Waals surface area contributed by atoms with Gasteiger partial charge in [-0.15, -0.1) is 6.42 Å². The van der Waals surface area contributed by atoms with Crippen molar-refractivity contribution in [2.24, 2.45) is 0 Å². The first kappa shape index (κ1) is 23.5. The molecule has 2 aromatic carbocycles. The fourth-order valence-electron chi connectivity index (χ4n) is 3.60. The molecule has 0 aliphatic carbocycles. The maximum atomic E-state index is 6.06. The number of rotatable bonds is 9. The summed E-state index contributed by atoms with van der Waals surface area (Å²) in [4.78, 5) is 13.6. The van der Waals surface area contributed by atoms with Crippen molar-refractivity contribution in [3.05, 3.63) is 53.9 Å². The molecule has 0 atom stereocenters. The van der Waals surface area contributed by atoms with Crippen LogP contribution in [0.2, 0.25) is 0 Å². The molecule has 0 radical (unpaired) electrons. The standard InChI is InChI=1S/C26H33N5O/c1-8-19-11-10-12-20(15-19)29-25-21-16-22(26(3,4)31(7)14-13-30(5)6)24(32-9-2)17-23(21)27-18-28-25/h1,10-12,15-18H,9,13-14H2,2-7H3,(H,27,28,29). The van der Waals surface area contributed by atoms with Gasteiger partial charge in [-0.2, -0.15) is 0 Å². The van der Waals surface area contributed by atoms with Crippen LogP contribution in [0.3, 0.4) is 0 Å². The number of aromatic nitrogens is 2. The Labute approximate surface area is 191 Å². The number of hydrogen-bond donors (Lipinski definition) is 1. The Bertz CT molecular complexity index is 1120. The second kappa shape index (κ2) is 9.99. The first-order valence-corrected chi connectivity index (χ1v) is 10.9. The molecule has 1 N–H and O–H groups in total. The summed E-state index contributed by atoms with van der Waals surface area (Å²) in [6.07, 6.45) is 7.13. The number of benzene rings is 2. The van der Waals surface area contributed by atoms with Crippen LogP contribution in [0.1, 0.15) is 31.9 Å². The normalized spacial score (nSPS) is 11.7. The molecule has 0 aliphatic heterocycles. The zero-order chi connectivity index (χ0) is 23.3. The van der Waals surface area contributed by atoms with E-state index in [1.807, 2.05) is 37.3 Å². The van der Waals surface area contributed by atoms with Crippen molar-refractivity contribution in [1.29, 1.82) is 0 Å². The molecule has 168 valence electrons. The number of terminal acetylenes is 1. The van der Waals surface area contributed by atoms with Gasteiger partial charge in [0.1, 0.15) is 17.9 Å². The molecule has 3 rings (SSSR count). The molecule has 0 saturated carbocycles. The van der Waals surface area contributed by atoms with Crippen LogP contribution in [0, 0.1) is 12.3 Å². The van der Waals surface area contributed by atoms with E-state index in [0.717, 1.165) is 52.4 Å². The molecule has 3 aromatic rings. The zero-order valence-electron chi connectivity index (χ0n) is 19.9. The summed E-state index contributed by atoms with van der Waals surface area (Å²) in [6.45, 7) is 8.93. The Morgan fingerprint density at radius 1 is 1.09 bits per heavy atom. The lowest BCUT2D eigenvalue weighted by atomic mass is 9.90. The van der Waals surface area contributed by atoms with Gasteiger partial charge in [0.2, 0.25) is 0 Å². The summed E-state index contributed by atoms with van der Waals surface area (Å²) >= 11 is 0. The highest BCUT2D eigenvalue weighted by Gasteiger charge is 2.30. The predicted octanol–water partition coefficient (Wildman–Crippen LogP) is 4.48. The quantitative estimate of drug-likeness (QED) is 0.504. The van der Waals surface area contributed by atoms with Gasteiger partial charge in [-0.3, -0.25) is 4.90 Å². The summed E-state index contributed by atoms with van der Waals surface area (Å²) in [5.41, 5.74) is 3.37. The minimum Gasteiger partial charge on any atom is -0.493 e. The van der Waals surface area contributed by atoms with Gasteiger partial charge in [0.15, 0.2) is 0 Å². The molecular formula is C26H33N5O. The predicted molar refractivity (Wildman–Crippen MR) is 133 cm³/mol. The Morgan fingerprint density at radius 2 is 1.88 bits per heavy atom. The minimum absolute atomic E-state index is 0.259. The number of hydrogen-bond acceptors (Lipinski definition) is 6. The molecule has 0 saturated heterocycles. The minimum atomic E-state index is -0.259. The molecule has 0 amide bonds. The van der Waals surface area contributed by atoms with E-state index < -0.39 is 0 Å². The van der Waals surface area contributed by atoms with Crippen LogP contribution >= 0.6 is 0 Å². The Balaban J connectivity index is 2.08. The second-order valence-corrected chi connectivity index (χ2v) is 8.65. The summed E-state index contributed by atoms with van der Waals surface area (Å²) < 4.78 is 6.06. The SMILES string of the molecule is C#Cc1cccc(Nc2ncnc3cc(OCC)c(C(C)(C)N(C)CCN(C)C)cc23)c1. The van der Waals surface area contributed by atoms with E-state index in [9.17, 15) is 0 Å². The van der Waals surface area contributed by atoms with Crippen molar-refractivity contribution >= 4 is 22.4 Å². The highest BCUT2D eigenvalue weighted by molar-refractivity contribution is 5.92. The molecule has 32 heavy (non-hydrogen) atoms. The largest absolute Gasteiger partial charge is 0.493 e. The van der Waals surface area contributed by atoms with Gasteiger partial charge in [0.25, 0.3) is 0 Å². The summed E-state index contributed by atoms with van der Waals surface area (Å²) in [7, 11) is 6.33.